The van der Waals surface area contributed by atoms with Crippen molar-refractivity contribution in [1.82, 2.24) is 14.8 Å². The quantitative estimate of drug-likeness (QED) is 0.907. The van der Waals surface area contributed by atoms with Crippen LogP contribution in [0.15, 0.2) is 41.9 Å². The molecule has 0 saturated heterocycles. The lowest BCUT2D eigenvalue weighted by molar-refractivity contribution is -0.118. The fourth-order valence-electron chi connectivity index (χ4n) is 3.69. The van der Waals surface area contributed by atoms with Crippen LogP contribution in [0.5, 0.6) is 5.75 Å². The summed E-state index contributed by atoms with van der Waals surface area (Å²) in [5.74, 6) is 0.691. The Hall–Kier alpha value is -2.77. The molecule has 1 aliphatic carbocycles. The summed E-state index contributed by atoms with van der Waals surface area (Å²) in [6.07, 6.45) is 2.60. The minimum absolute atomic E-state index is 0.0582. The molecule has 2 aliphatic rings. The number of Topliss-reactive ketones (excluding diaryl/α,β-unsaturated/α-hetero) is 1. The van der Waals surface area contributed by atoms with Gasteiger partial charge in [0.15, 0.2) is 5.78 Å². The van der Waals surface area contributed by atoms with Gasteiger partial charge in [-0.2, -0.15) is 18.9 Å². The van der Waals surface area contributed by atoms with Gasteiger partial charge in [-0.05, 0) is 29.5 Å². The maximum absolute atomic E-state index is 12.9. The van der Waals surface area contributed by atoms with E-state index in [9.17, 15) is 13.6 Å². The van der Waals surface area contributed by atoms with Crippen LogP contribution in [-0.4, -0.2) is 27.2 Å². The number of fused-ring (bicyclic) bond motifs is 1. The Bertz CT molecular complexity index is 887. The number of hydrogen-bond donors (Lipinski definition) is 1. The van der Waals surface area contributed by atoms with Gasteiger partial charge in [-0.25, -0.2) is 4.68 Å². The SMILES string of the molecule is CC1(C)CC(=O)C2=C(C1)Nc1ncnn1[C@H]2c1ccc(OC(F)F)cc1. The molecule has 1 aromatic carbocycles. The van der Waals surface area contributed by atoms with Gasteiger partial charge in [-0.3, -0.25) is 4.79 Å². The minimum Gasteiger partial charge on any atom is -0.435 e. The molecule has 136 valence electrons. The van der Waals surface area contributed by atoms with Gasteiger partial charge in [-0.15, -0.1) is 0 Å². The van der Waals surface area contributed by atoms with E-state index in [1.54, 1.807) is 16.8 Å². The van der Waals surface area contributed by atoms with Crippen molar-refractivity contribution in [2.45, 2.75) is 39.3 Å². The number of alkyl halides is 2. The van der Waals surface area contributed by atoms with Crippen molar-refractivity contribution >= 4 is 11.7 Å². The summed E-state index contributed by atoms with van der Waals surface area (Å²) in [6, 6.07) is 5.86. The highest BCUT2D eigenvalue weighted by molar-refractivity contribution is 6.00. The summed E-state index contributed by atoms with van der Waals surface area (Å²) in [5, 5.41) is 7.48. The maximum atomic E-state index is 12.9. The molecule has 1 atom stereocenters. The third-order valence-corrected chi connectivity index (χ3v) is 4.69. The van der Waals surface area contributed by atoms with E-state index in [1.165, 1.54) is 18.5 Å². The number of nitrogens with zero attached hydrogens (tertiary/aromatic N) is 3. The second-order valence-electron chi connectivity index (χ2n) is 7.34. The number of ether oxygens (including phenoxy) is 1. The molecule has 2 aromatic rings. The molecule has 0 saturated carbocycles. The number of halogens is 2. The molecule has 4 rings (SSSR count). The molecule has 1 aliphatic heterocycles. The van der Waals surface area contributed by atoms with Crippen LogP contribution < -0.4 is 10.1 Å². The van der Waals surface area contributed by atoms with Gasteiger partial charge in [0.05, 0.1) is 0 Å². The van der Waals surface area contributed by atoms with Gasteiger partial charge in [0.2, 0.25) is 5.95 Å². The van der Waals surface area contributed by atoms with Crippen LogP contribution in [0.1, 0.15) is 38.3 Å². The Morgan fingerprint density at radius 1 is 1.27 bits per heavy atom. The number of rotatable bonds is 3. The second kappa shape index (κ2) is 5.89. The number of anilines is 1. The van der Waals surface area contributed by atoms with E-state index in [4.69, 9.17) is 0 Å². The number of aromatic nitrogens is 3. The summed E-state index contributed by atoms with van der Waals surface area (Å²) in [7, 11) is 0. The highest BCUT2D eigenvalue weighted by atomic mass is 19.3. The lowest BCUT2D eigenvalue weighted by atomic mass is 9.73. The first-order valence-electron chi connectivity index (χ1n) is 8.32. The van der Waals surface area contributed by atoms with Crippen molar-refractivity contribution in [3.8, 4) is 5.75 Å². The van der Waals surface area contributed by atoms with Crippen LogP contribution in [-0.2, 0) is 4.79 Å². The molecule has 2 heterocycles. The Kier molecular flexibility index (Phi) is 3.78. The smallest absolute Gasteiger partial charge is 0.387 e. The molecule has 0 amide bonds. The fraction of sp³-hybridized carbons (Fsp3) is 0.389. The average Bonchev–Trinajstić information content (AvgIpc) is 3.00. The number of nitrogens with one attached hydrogen (secondary N) is 1. The van der Waals surface area contributed by atoms with Crippen molar-refractivity contribution in [3.63, 3.8) is 0 Å². The number of hydrogen-bond acceptors (Lipinski definition) is 5. The largest absolute Gasteiger partial charge is 0.435 e. The summed E-state index contributed by atoms with van der Waals surface area (Å²) in [6.45, 7) is 1.24. The standard InChI is InChI=1S/C18H18F2N4O2/c1-18(2)7-12-14(13(25)8-18)15(24-17(23-12)21-9-22-24)10-3-5-11(6-4-10)26-16(19)20/h3-6,9,15-16H,7-8H2,1-2H3,(H,21,22,23)/t15-/m0/s1. The summed E-state index contributed by atoms with van der Waals surface area (Å²) >= 11 is 0. The zero-order chi connectivity index (χ0) is 18.5. The molecule has 0 radical (unpaired) electrons. The van der Waals surface area contributed by atoms with E-state index in [1.807, 2.05) is 0 Å². The highest BCUT2D eigenvalue weighted by Gasteiger charge is 2.41. The maximum Gasteiger partial charge on any atom is 0.387 e. The van der Waals surface area contributed by atoms with Crippen molar-refractivity contribution in [3.05, 3.63) is 47.4 Å². The second-order valence-corrected chi connectivity index (χ2v) is 7.34. The number of allylic oxidation sites excluding steroid dienone is 2. The van der Waals surface area contributed by atoms with E-state index >= 15 is 0 Å². The summed E-state index contributed by atoms with van der Waals surface area (Å²) in [5.41, 5.74) is 2.14. The Labute approximate surface area is 148 Å². The van der Waals surface area contributed by atoms with Crippen molar-refractivity contribution < 1.29 is 18.3 Å². The molecule has 0 fully saturated rings. The summed E-state index contributed by atoms with van der Waals surface area (Å²) in [4.78, 5) is 17.1. The van der Waals surface area contributed by atoms with Gasteiger partial charge in [0.1, 0.15) is 18.1 Å². The first-order valence-corrected chi connectivity index (χ1v) is 8.32. The van der Waals surface area contributed by atoms with Crippen molar-refractivity contribution in [2.75, 3.05) is 5.32 Å². The molecule has 1 N–H and O–H groups in total. The van der Waals surface area contributed by atoms with E-state index in [0.717, 1.165) is 17.7 Å². The number of ketones is 1. The van der Waals surface area contributed by atoms with Gasteiger partial charge in [0, 0.05) is 17.7 Å². The zero-order valence-corrected chi connectivity index (χ0v) is 14.4. The fourth-order valence-corrected chi connectivity index (χ4v) is 3.69. The predicted molar refractivity (Wildman–Crippen MR) is 89.9 cm³/mol. The van der Waals surface area contributed by atoms with E-state index in [-0.39, 0.29) is 16.9 Å². The topological polar surface area (TPSA) is 69.0 Å². The molecule has 0 unspecified atom stereocenters. The molecular weight excluding hydrogens is 342 g/mol. The van der Waals surface area contributed by atoms with Crippen LogP contribution in [0.4, 0.5) is 14.7 Å². The number of carbonyl (C=O) groups is 1. The molecule has 1 aromatic heterocycles. The molecule has 26 heavy (non-hydrogen) atoms. The van der Waals surface area contributed by atoms with Gasteiger partial charge in [-0.1, -0.05) is 26.0 Å². The first kappa shape index (κ1) is 16.7. The number of benzene rings is 1. The van der Waals surface area contributed by atoms with E-state index in [0.29, 0.717) is 17.9 Å². The lowest BCUT2D eigenvalue weighted by Gasteiger charge is -2.38. The van der Waals surface area contributed by atoms with Gasteiger partial charge >= 0.3 is 6.61 Å². The first-order chi connectivity index (χ1) is 12.3. The monoisotopic (exact) mass is 360 g/mol. The molecular formula is C18H18F2N4O2. The lowest BCUT2D eigenvalue weighted by Crippen LogP contribution is -2.36. The van der Waals surface area contributed by atoms with E-state index < -0.39 is 12.7 Å². The molecule has 8 heteroatoms. The van der Waals surface area contributed by atoms with Gasteiger partial charge < -0.3 is 10.1 Å². The Balaban J connectivity index is 1.78. The highest BCUT2D eigenvalue weighted by Crippen LogP contribution is 2.45. The molecule has 6 nitrogen and oxygen atoms in total. The molecule has 0 spiro atoms. The third-order valence-electron chi connectivity index (χ3n) is 4.69. The van der Waals surface area contributed by atoms with Gasteiger partial charge in [0.25, 0.3) is 0 Å². The number of carbonyl (C=O) groups excluding carboxylic acids is 1. The van der Waals surface area contributed by atoms with Crippen molar-refractivity contribution in [2.24, 2.45) is 5.41 Å². The summed E-state index contributed by atoms with van der Waals surface area (Å²) < 4.78 is 30.8. The van der Waals surface area contributed by atoms with Crippen LogP contribution in [0.3, 0.4) is 0 Å². The predicted octanol–water partition coefficient (Wildman–Crippen LogP) is 3.54. The van der Waals surface area contributed by atoms with E-state index in [2.05, 4.69) is 34.0 Å². The van der Waals surface area contributed by atoms with Crippen LogP contribution in [0, 0.1) is 5.41 Å². The van der Waals surface area contributed by atoms with Crippen molar-refractivity contribution in [1.29, 1.82) is 0 Å². The minimum atomic E-state index is -2.88. The Morgan fingerprint density at radius 3 is 2.69 bits per heavy atom. The van der Waals surface area contributed by atoms with Crippen LogP contribution >= 0.6 is 0 Å². The Morgan fingerprint density at radius 2 is 2.00 bits per heavy atom. The zero-order valence-electron chi connectivity index (χ0n) is 14.4. The average molecular weight is 360 g/mol. The normalized spacial score (nSPS) is 21.3. The third kappa shape index (κ3) is 2.85. The molecule has 0 bridgehead atoms. The van der Waals surface area contributed by atoms with Crippen LogP contribution in [0.25, 0.3) is 0 Å². The van der Waals surface area contributed by atoms with Crippen LogP contribution in [0.2, 0.25) is 0 Å².